The molecule has 0 aliphatic rings. The van der Waals surface area contributed by atoms with Crippen LogP contribution in [0.4, 0.5) is 5.13 Å². The molecule has 5 heteroatoms. The van der Waals surface area contributed by atoms with E-state index in [2.05, 4.69) is 41.2 Å². The van der Waals surface area contributed by atoms with Gasteiger partial charge in [0.15, 0.2) is 0 Å². The molecule has 0 bridgehead atoms. The molecule has 0 fully saturated rings. The van der Waals surface area contributed by atoms with Gasteiger partial charge in [-0.15, -0.1) is 10.2 Å². The van der Waals surface area contributed by atoms with Crippen molar-refractivity contribution in [2.24, 2.45) is 0 Å². The molecule has 3 aromatic rings. The summed E-state index contributed by atoms with van der Waals surface area (Å²) in [4.78, 5) is 4.62. The van der Waals surface area contributed by atoms with Gasteiger partial charge in [0.1, 0.15) is 5.01 Å². The molecule has 0 spiro atoms. The highest BCUT2D eigenvalue weighted by Gasteiger charge is 2.13. The number of anilines is 1. The lowest BCUT2D eigenvalue weighted by molar-refractivity contribution is 1.10. The zero-order valence-corrected chi connectivity index (χ0v) is 11.9. The molecule has 3 rings (SSSR count). The quantitative estimate of drug-likeness (QED) is 0.737. The summed E-state index contributed by atoms with van der Waals surface area (Å²) in [6, 6.07) is 6.31. The third-order valence-electron chi connectivity index (χ3n) is 3.05. The van der Waals surface area contributed by atoms with Gasteiger partial charge in [-0.2, -0.15) is 0 Å². The van der Waals surface area contributed by atoms with Gasteiger partial charge in [-0.3, -0.25) is 4.98 Å². The molecule has 0 radical (unpaired) electrons. The fraction of sp³-hybridized carbons (Fsp3) is 0.214. The number of nitrogens with zero attached hydrogens (tertiary/aromatic N) is 3. The van der Waals surface area contributed by atoms with Gasteiger partial charge in [-0.25, -0.2) is 0 Å². The van der Waals surface area contributed by atoms with E-state index in [0.29, 0.717) is 5.13 Å². The minimum Gasteiger partial charge on any atom is -0.374 e. The molecule has 2 heterocycles. The first-order chi connectivity index (χ1) is 9.04. The Morgan fingerprint density at radius 3 is 2.53 bits per heavy atom. The number of nitrogen functional groups attached to an aromatic ring is 1. The van der Waals surface area contributed by atoms with Crippen LogP contribution in [0, 0.1) is 20.8 Å². The van der Waals surface area contributed by atoms with Crippen molar-refractivity contribution in [3.63, 3.8) is 0 Å². The van der Waals surface area contributed by atoms with E-state index in [0.717, 1.165) is 27.2 Å². The Morgan fingerprint density at radius 1 is 1.05 bits per heavy atom. The van der Waals surface area contributed by atoms with Crippen LogP contribution in [0.2, 0.25) is 0 Å². The van der Waals surface area contributed by atoms with E-state index in [-0.39, 0.29) is 0 Å². The van der Waals surface area contributed by atoms with Crippen LogP contribution in [0.15, 0.2) is 18.2 Å². The van der Waals surface area contributed by atoms with Crippen LogP contribution in [0.3, 0.4) is 0 Å². The molecule has 2 N–H and O–H groups in total. The molecule has 0 aliphatic carbocycles. The highest BCUT2D eigenvalue weighted by molar-refractivity contribution is 7.18. The first-order valence-electron chi connectivity index (χ1n) is 6.02. The predicted molar refractivity (Wildman–Crippen MR) is 79.3 cm³/mol. The summed E-state index contributed by atoms with van der Waals surface area (Å²) in [5.74, 6) is 0. The number of nitrogens with two attached hydrogens (primary N) is 1. The molecule has 0 saturated carbocycles. The van der Waals surface area contributed by atoms with Crippen molar-refractivity contribution in [2.45, 2.75) is 20.8 Å². The lowest BCUT2D eigenvalue weighted by Gasteiger charge is -2.09. The second kappa shape index (κ2) is 4.28. The van der Waals surface area contributed by atoms with Crippen molar-refractivity contribution >= 4 is 27.4 Å². The van der Waals surface area contributed by atoms with E-state index in [4.69, 9.17) is 5.73 Å². The third-order valence-corrected chi connectivity index (χ3v) is 3.84. The highest BCUT2D eigenvalue weighted by atomic mass is 32.1. The van der Waals surface area contributed by atoms with Crippen LogP contribution in [0.5, 0.6) is 0 Å². The first kappa shape index (κ1) is 12.0. The van der Waals surface area contributed by atoms with Crippen LogP contribution in [-0.2, 0) is 0 Å². The van der Waals surface area contributed by atoms with Gasteiger partial charge >= 0.3 is 0 Å². The van der Waals surface area contributed by atoms with Crippen LogP contribution >= 0.6 is 11.3 Å². The fourth-order valence-electron chi connectivity index (χ4n) is 2.40. The van der Waals surface area contributed by atoms with Gasteiger partial charge in [0.05, 0.1) is 5.52 Å². The molecule has 4 nitrogen and oxygen atoms in total. The van der Waals surface area contributed by atoms with Crippen molar-refractivity contribution in [2.75, 3.05) is 5.73 Å². The number of benzene rings is 1. The zero-order valence-electron chi connectivity index (χ0n) is 11.1. The molecule has 0 aliphatic heterocycles. The molecule has 0 saturated heterocycles. The second-order valence-corrected chi connectivity index (χ2v) is 5.74. The lowest BCUT2D eigenvalue weighted by atomic mass is 10.0. The first-order valence-corrected chi connectivity index (χ1v) is 6.84. The standard InChI is InChI=1S/C14H14N4S/c1-7-4-8(2)12-10(13-17-18-14(15)19-13)6-9(3)16-11(12)5-7/h4-6H,1-3H3,(H2,15,18). The van der Waals surface area contributed by atoms with Crippen LogP contribution in [-0.4, -0.2) is 15.2 Å². The molecule has 19 heavy (non-hydrogen) atoms. The molecular formula is C14H14N4S. The third kappa shape index (κ3) is 2.06. The Labute approximate surface area is 115 Å². The van der Waals surface area contributed by atoms with E-state index in [1.54, 1.807) is 0 Å². The topological polar surface area (TPSA) is 64.7 Å². The lowest BCUT2D eigenvalue weighted by Crippen LogP contribution is -1.92. The minimum absolute atomic E-state index is 0.488. The van der Waals surface area contributed by atoms with Gasteiger partial charge in [-0.1, -0.05) is 17.4 Å². The van der Waals surface area contributed by atoms with E-state index in [1.165, 1.54) is 22.5 Å². The Kier molecular flexibility index (Phi) is 2.71. The average molecular weight is 270 g/mol. The molecular weight excluding hydrogens is 256 g/mol. The average Bonchev–Trinajstić information content (AvgIpc) is 2.73. The fourth-order valence-corrected chi connectivity index (χ4v) is 3.03. The summed E-state index contributed by atoms with van der Waals surface area (Å²) in [7, 11) is 0. The highest BCUT2D eigenvalue weighted by Crippen LogP contribution is 2.33. The summed E-state index contributed by atoms with van der Waals surface area (Å²) in [5.41, 5.74) is 11.1. The van der Waals surface area contributed by atoms with Gasteiger partial charge in [0, 0.05) is 16.6 Å². The van der Waals surface area contributed by atoms with E-state index < -0.39 is 0 Å². The summed E-state index contributed by atoms with van der Waals surface area (Å²) >= 11 is 1.41. The molecule has 2 aromatic heterocycles. The maximum atomic E-state index is 5.69. The Bertz CT molecular complexity index is 771. The number of rotatable bonds is 1. The van der Waals surface area contributed by atoms with Crippen molar-refractivity contribution in [3.8, 4) is 10.6 Å². The van der Waals surface area contributed by atoms with Crippen LogP contribution in [0.25, 0.3) is 21.5 Å². The Morgan fingerprint density at radius 2 is 1.84 bits per heavy atom. The number of aryl methyl sites for hydroxylation is 3. The van der Waals surface area contributed by atoms with Crippen molar-refractivity contribution in [1.82, 2.24) is 15.2 Å². The number of fused-ring (bicyclic) bond motifs is 1. The monoisotopic (exact) mass is 270 g/mol. The molecule has 0 unspecified atom stereocenters. The Hall–Kier alpha value is -2.01. The number of aromatic nitrogens is 3. The Balaban J connectivity index is 2.41. The van der Waals surface area contributed by atoms with Gasteiger partial charge in [0.2, 0.25) is 5.13 Å². The van der Waals surface area contributed by atoms with Gasteiger partial charge in [-0.05, 0) is 44.0 Å². The normalized spacial score (nSPS) is 11.1. The summed E-state index contributed by atoms with van der Waals surface area (Å²) in [6.07, 6.45) is 0. The number of hydrogen-bond acceptors (Lipinski definition) is 5. The van der Waals surface area contributed by atoms with Gasteiger partial charge in [0.25, 0.3) is 0 Å². The maximum absolute atomic E-state index is 5.69. The SMILES string of the molecule is Cc1cc(C)c2c(-c3nnc(N)s3)cc(C)nc2c1. The summed E-state index contributed by atoms with van der Waals surface area (Å²) < 4.78 is 0. The second-order valence-electron chi connectivity index (χ2n) is 4.73. The maximum Gasteiger partial charge on any atom is 0.203 e. The molecule has 1 aromatic carbocycles. The predicted octanol–water partition coefficient (Wildman–Crippen LogP) is 3.26. The number of hydrogen-bond donors (Lipinski definition) is 1. The van der Waals surface area contributed by atoms with Crippen LogP contribution < -0.4 is 5.73 Å². The number of pyridine rings is 1. The molecule has 0 amide bonds. The zero-order chi connectivity index (χ0) is 13.6. The summed E-state index contributed by atoms with van der Waals surface area (Å²) in [5, 5.41) is 10.5. The minimum atomic E-state index is 0.488. The smallest absolute Gasteiger partial charge is 0.203 e. The van der Waals surface area contributed by atoms with E-state index in [1.807, 2.05) is 13.0 Å². The largest absolute Gasteiger partial charge is 0.374 e. The van der Waals surface area contributed by atoms with E-state index in [9.17, 15) is 0 Å². The van der Waals surface area contributed by atoms with Crippen molar-refractivity contribution in [1.29, 1.82) is 0 Å². The van der Waals surface area contributed by atoms with Crippen molar-refractivity contribution in [3.05, 3.63) is 35.0 Å². The molecule has 0 atom stereocenters. The van der Waals surface area contributed by atoms with Crippen LogP contribution in [0.1, 0.15) is 16.8 Å². The van der Waals surface area contributed by atoms with Crippen molar-refractivity contribution < 1.29 is 0 Å². The molecule has 96 valence electrons. The van der Waals surface area contributed by atoms with Gasteiger partial charge < -0.3 is 5.73 Å². The summed E-state index contributed by atoms with van der Waals surface area (Å²) in [6.45, 7) is 6.17. The van der Waals surface area contributed by atoms with E-state index >= 15 is 0 Å².